The maximum absolute atomic E-state index is 5.85. The third-order valence-corrected chi connectivity index (χ3v) is 4.14. The standard InChI is InChI=1S/C15H22ClNO/c16-15-7-5-12(6-8-15)10-18-11-14-4-2-1-3-13(14)9-17/h5-8,13-14H,1-4,9-11,17H2. The molecule has 0 aliphatic heterocycles. The van der Waals surface area contributed by atoms with E-state index in [1.165, 1.54) is 31.2 Å². The molecule has 18 heavy (non-hydrogen) atoms. The van der Waals surface area contributed by atoms with Crippen molar-refractivity contribution < 1.29 is 4.74 Å². The highest BCUT2D eigenvalue weighted by Crippen LogP contribution is 2.29. The van der Waals surface area contributed by atoms with E-state index in [1.54, 1.807) is 0 Å². The van der Waals surface area contributed by atoms with Crippen molar-refractivity contribution in [2.45, 2.75) is 32.3 Å². The van der Waals surface area contributed by atoms with Gasteiger partial charge in [0.15, 0.2) is 0 Å². The van der Waals surface area contributed by atoms with Crippen molar-refractivity contribution in [1.29, 1.82) is 0 Å². The van der Waals surface area contributed by atoms with E-state index in [4.69, 9.17) is 22.1 Å². The maximum atomic E-state index is 5.85. The maximum Gasteiger partial charge on any atom is 0.0717 e. The molecular weight excluding hydrogens is 246 g/mol. The molecule has 0 saturated heterocycles. The summed E-state index contributed by atoms with van der Waals surface area (Å²) in [6, 6.07) is 7.85. The fourth-order valence-corrected chi connectivity index (χ4v) is 2.85. The summed E-state index contributed by atoms with van der Waals surface area (Å²) in [6.07, 6.45) is 5.19. The topological polar surface area (TPSA) is 35.2 Å². The lowest BCUT2D eigenvalue weighted by Crippen LogP contribution is -2.29. The predicted molar refractivity (Wildman–Crippen MR) is 75.6 cm³/mol. The van der Waals surface area contributed by atoms with E-state index < -0.39 is 0 Å². The van der Waals surface area contributed by atoms with Crippen LogP contribution in [-0.2, 0) is 11.3 Å². The first-order chi connectivity index (χ1) is 8.79. The molecule has 1 aliphatic carbocycles. The first kappa shape index (κ1) is 13.9. The molecule has 1 aliphatic rings. The van der Waals surface area contributed by atoms with E-state index >= 15 is 0 Å². The lowest BCUT2D eigenvalue weighted by Gasteiger charge is -2.30. The van der Waals surface area contributed by atoms with Crippen LogP contribution in [0.1, 0.15) is 31.2 Å². The molecule has 2 atom stereocenters. The minimum atomic E-state index is 0.649. The molecule has 0 spiro atoms. The van der Waals surface area contributed by atoms with Crippen molar-refractivity contribution in [2.24, 2.45) is 17.6 Å². The van der Waals surface area contributed by atoms with Crippen LogP contribution in [0.2, 0.25) is 5.02 Å². The van der Waals surface area contributed by atoms with Gasteiger partial charge in [-0.25, -0.2) is 0 Å². The predicted octanol–water partition coefficient (Wildman–Crippen LogP) is 3.62. The fraction of sp³-hybridized carbons (Fsp3) is 0.600. The second kappa shape index (κ2) is 7.13. The van der Waals surface area contributed by atoms with Crippen LogP contribution in [-0.4, -0.2) is 13.2 Å². The van der Waals surface area contributed by atoms with E-state index in [0.29, 0.717) is 18.4 Å². The zero-order valence-corrected chi connectivity index (χ0v) is 11.5. The van der Waals surface area contributed by atoms with E-state index in [-0.39, 0.29) is 0 Å². The van der Waals surface area contributed by atoms with Crippen molar-refractivity contribution in [3.63, 3.8) is 0 Å². The van der Waals surface area contributed by atoms with Gasteiger partial charge in [0, 0.05) is 5.02 Å². The molecule has 1 fully saturated rings. The smallest absolute Gasteiger partial charge is 0.0717 e. The summed E-state index contributed by atoms with van der Waals surface area (Å²) < 4.78 is 5.83. The summed E-state index contributed by atoms with van der Waals surface area (Å²) in [5.74, 6) is 1.31. The Kier molecular flexibility index (Phi) is 5.48. The summed E-state index contributed by atoms with van der Waals surface area (Å²) in [6.45, 7) is 2.31. The number of nitrogens with two attached hydrogens (primary N) is 1. The molecule has 3 heteroatoms. The molecule has 2 rings (SSSR count). The molecule has 0 aromatic heterocycles. The van der Waals surface area contributed by atoms with E-state index in [1.807, 2.05) is 24.3 Å². The van der Waals surface area contributed by atoms with Gasteiger partial charge in [0.25, 0.3) is 0 Å². The normalized spacial score (nSPS) is 24.1. The van der Waals surface area contributed by atoms with Crippen molar-refractivity contribution in [1.82, 2.24) is 0 Å². The number of hydrogen-bond acceptors (Lipinski definition) is 2. The average Bonchev–Trinajstić information content (AvgIpc) is 2.41. The third kappa shape index (κ3) is 3.98. The Morgan fingerprint density at radius 3 is 2.44 bits per heavy atom. The Labute approximate surface area is 114 Å². The molecular formula is C15H22ClNO. The van der Waals surface area contributed by atoms with Crippen molar-refractivity contribution in [3.05, 3.63) is 34.9 Å². The van der Waals surface area contributed by atoms with Crippen molar-refractivity contribution in [3.8, 4) is 0 Å². The Morgan fingerprint density at radius 1 is 1.11 bits per heavy atom. The van der Waals surface area contributed by atoms with Gasteiger partial charge in [-0.3, -0.25) is 0 Å². The monoisotopic (exact) mass is 267 g/mol. The number of rotatable bonds is 5. The second-order valence-electron chi connectivity index (χ2n) is 5.18. The quantitative estimate of drug-likeness (QED) is 0.884. The number of ether oxygens (including phenoxy) is 1. The van der Waals surface area contributed by atoms with Gasteiger partial charge < -0.3 is 10.5 Å². The van der Waals surface area contributed by atoms with Gasteiger partial charge in [-0.2, -0.15) is 0 Å². The molecule has 1 aromatic carbocycles. The van der Waals surface area contributed by atoms with Gasteiger partial charge in [-0.1, -0.05) is 36.6 Å². The van der Waals surface area contributed by atoms with Crippen LogP contribution in [0.25, 0.3) is 0 Å². The Morgan fingerprint density at radius 2 is 1.78 bits per heavy atom. The Bertz CT molecular complexity index is 352. The molecule has 2 nitrogen and oxygen atoms in total. The zero-order chi connectivity index (χ0) is 12.8. The highest BCUT2D eigenvalue weighted by atomic mass is 35.5. The lowest BCUT2D eigenvalue weighted by molar-refractivity contribution is 0.0512. The molecule has 1 aromatic rings. The van der Waals surface area contributed by atoms with E-state index in [0.717, 1.165) is 18.2 Å². The fourth-order valence-electron chi connectivity index (χ4n) is 2.72. The Balaban J connectivity index is 1.75. The first-order valence-corrected chi connectivity index (χ1v) is 7.19. The van der Waals surface area contributed by atoms with Gasteiger partial charge in [0.1, 0.15) is 0 Å². The minimum absolute atomic E-state index is 0.649. The third-order valence-electron chi connectivity index (χ3n) is 3.88. The summed E-state index contributed by atoms with van der Waals surface area (Å²) in [5, 5.41) is 0.772. The van der Waals surface area contributed by atoms with Crippen LogP contribution >= 0.6 is 11.6 Å². The van der Waals surface area contributed by atoms with Gasteiger partial charge in [-0.15, -0.1) is 0 Å². The van der Waals surface area contributed by atoms with Crippen LogP contribution in [0.15, 0.2) is 24.3 Å². The molecule has 0 bridgehead atoms. The Hall–Kier alpha value is -0.570. The number of hydrogen-bond donors (Lipinski definition) is 1. The van der Waals surface area contributed by atoms with Crippen LogP contribution in [0.4, 0.5) is 0 Å². The lowest BCUT2D eigenvalue weighted by atomic mass is 9.80. The van der Waals surface area contributed by atoms with Crippen molar-refractivity contribution >= 4 is 11.6 Å². The average molecular weight is 268 g/mol. The van der Waals surface area contributed by atoms with Crippen LogP contribution in [0, 0.1) is 11.8 Å². The van der Waals surface area contributed by atoms with Gasteiger partial charge in [-0.05, 0) is 48.9 Å². The molecule has 0 amide bonds. The van der Waals surface area contributed by atoms with Gasteiger partial charge in [0.05, 0.1) is 13.2 Å². The summed E-state index contributed by atoms with van der Waals surface area (Å²) in [5.41, 5.74) is 7.00. The van der Waals surface area contributed by atoms with Crippen LogP contribution < -0.4 is 5.73 Å². The van der Waals surface area contributed by atoms with Crippen LogP contribution in [0.3, 0.4) is 0 Å². The van der Waals surface area contributed by atoms with Gasteiger partial charge >= 0.3 is 0 Å². The largest absolute Gasteiger partial charge is 0.376 e. The summed E-state index contributed by atoms with van der Waals surface area (Å²) in [4.78, 5) is 0. The highest BCUT2D eigenvalue weighted by Gasteiger charge is 2.23. The van der Waals surface area contributed by atoms with E-state index in [9.17, 15) is 0 Å². The van der Waals surface area contributed by atoms with Crippen molar-refractivity contribution in [2.75, 3.05) is 13.2 Å². The highest BCUT2D eigenvalue weighted by molar-refractivity contribution is 6.30. The van der Waals surface area contributed by atoms with Gasteiger partial charge in [0.2, 0.25) is 0 Å². The number of benzene rings is 1. The molecule has 2 unspecified atom stereocenters. The first-order valence-electron chi connectivity index (χ1n) is 6.82. The number of halogens is 1. The van der Waals surface area contributed by atoms with Crippen LogP contribution in [0.5, 0.6) is 0 Å². The summed E-state index contributed by atoms with van der Waals surface area (Å²) in [7, 11) is 0. The molecule has 2 N–H and O–H groups in total. The SMILES string of the molecule is NCC1CCCCC1COCc1ccc(Cl)cc1. The second-order valence-corrected chi connectivity index (χ2v) is 5.62. The minimum Gasteiger partial charge on any atom is -0.376 e. The molecule has 1 saturated carbocycles. The molecule has 100 valence electrons. The zero-order valence-electron chi connectivity index (χ0n) is 10.8. The molecule has 0 heterocycles. The summed E-state index contributed by atoms with van der Waals surface area (Å²) >= 11 is 5.85. The van der Waals surface area contributed by atoms with E-state index in [2.05, 4.69) is 0 Å². The molecule has 0 radical (unpaired) electrons.